The van der Waals surface area contributed by atoms with Crippen LogP contribution in [0.4, 0.5) is 0 Å². The number of aryl methyl sites for hydroxylation is 1. The van der Waals surface area contributed by atoms with Gasteiger partial charge < -0.3 is 14.6 Å². The van der Waals surface area contributed by atoms with Crippen molar-refractivity contribution in [2.45, 2.75) is 26.3 Å². The SMILES string of the molecule is C=C(C)C(=O)NCCc1nc2ccccc2n1CCCOc1ccc2ccccc2c1. The molecule has 0 fully saturated rings. The van der Waals surface area contributed by atoms with E-state index in [0.29, 0.717) is 25.1 Å². The molecule has 0 bridgehead atoms. The van der Waals surface area contributed by atoms with Gasteiger partial charge in [0, 0.05) is 25.1 Å². The van der Waals surface area contributed by atoms with Gasteiger partial charge >= 0.3 is 0 Å². The van der Waals surface area contributed by atoms with E-state index in [4.69, 9.17) is 9.72 Å². The lowest BCUT2D eigenvalue weighted by Crippen LogP contribution is -2.26. The summed E-state index contributed by atoms with van der Waals surface area (Å²) in [6.07, 6.45) is 1.53. The second-order valence-corrected chi connectivity index (χ2v) is 7.67. The van der Waals surface area contributed by atoms with E-state index in [1.165, 1.54) is 10.8 Å². The number of amides is 1. The molecule has 31 heavy (non-hydrogen) atoms. The highest BCUT2D eigenvalue weighted by Gasteiger charge is 2.11. The quantitative estimate of drug-likeness (QED) is 0.314. The molecule has 0 aliphatic heterocycles. The minimum absolute atomic E-state index is 0.119. The van der Waals surface area contributed by atoms with Gasteiger partial charge in [0.05, 0.1) is 17.6 Å². The summed E-state index contributed by atoms with van der Waals surface area (Å²) in [6, 6.07) is 22.6. The molecular formula is C26H27N3O2. The van der Waals surface area contributed by atoms with Gasteiger partial charge in [0.25, 0.3) is 0 Å². The van der Waals surface area contributed by atoms with Crippen molar-refractivity contribution in [2.75, 3.05) is 13.2 Å². The molecule has 1 heterocycles. The number of imidazole rings is 1. The molecule has 1 amide bonds. The molecule has 0 unspecified atom stereocenters. The zero-order valence-electron chi connectivity index (χ0n) is 17.8. The van der Waals surface area contributed by atoms with Crippen LogP contribution in [0.15, 0.2) is 78.9 Å². The van der Waals surface area contributed by atoms with Crippen LogP contribution in [0, 0.1) is 0 Å². The van der Waals surface area contributed by atoms with Gasteiger partial charge in [0.1, 0.15) is 11.6 Å². The van der Waals surface area contributed by atoms with E-state index in [-0.39, 0.29) is 5.91 Å². The van der Waals surface area contributed by atoms with Crippen molar-refractivity contribution in [3.05, 3.63) is 84.7 Å². The average Bonchev–Trinajstić information content (AvgIpc) is 3.13. The predicted molar refractivity (Wildman–Crippen MR) is 125 cm³/mol. The number of carbonyl (C=O) groups is 1. The lowest BCUT2D eigenvalue weighted by molar-refractivity contribution is -0.117. The molecule has 0 aliphatic rings. The first-order valence-electron chi connectivity index (χ1n) is 10.6. The molecular weight excluding hydrogens is 386 g/mol. The van der Waals surface area contributed by atoms with Crippen molar-refractivity contribution in [3.8, 4) is 5.75 Å². The number of hydrogen-bond acceptors (Lipinski definition) is 3. The molecule has 0 saturated carbocycles. The molecule has 0 aliphatic carbocycles. The summed E-state index contributed by atoms with van der Waals surface area (Å²) in [4.78, 5) is 16.5. The maximum atomic E-state index is 11.8. The lowest BCUT2D eigenvalue weighted by Gasteiger charge is -2.11. The third kappa shape index (κ3) is 4.94. The van der Waals surface area contributed by atoms with Gasteiger partial charge in [-0.2, -0.15) is 0 Å². The van der Waals surface area contributed by atoms with Crippen molar-refractivity contribution in [2.24, 2.45) is 0 Å². The molecule has 4 aromatic rings. The number of ether oxygens (including phenoxy) is 1. The van der Waals surface area contributed by atoms with Crippen LogP contribution in [0.5, 0.6) is 5.75 Å². The minimum Gasteiger partial charge on any atom is -0.494 e. The number of nitrogens with zero attached hydrogens (tertiary/aromatic N) is 2. The Bertz CT molecular complexity index is 1230. The number of benzene rings is 3. The summed E-state index contributed by atoms with van der Waals surface area (Å²) < 4.78 is 8.23. The van der Waals surface area contributed by atoms with Crippen LogP contribution in [0.1, 0.15) is 19.2 Å². The summed E-state index contributed by atoms with van der Waals surface area (Å²) >= 11 is 0. The van der Waals surface area contributed by atoms with E-state index >= 15 is 0 Å². The molecule has 1 N–H and O–H groups in total. The normalized spacial score (nSPS) is 11.0. The Morgan fingerprint density at radius 3 is 2.68 bits per heavy atom. The van der Waals surface area contributed by atoms with Crippen LogP contribution in [0.3, 0.4) is 0 Å². The fourth-order valence-corrected chi connectivity index (χ4v) is 3.67. The second kappa shape index (κ2) is 9.47. The van der Waals surface area contributed by atoms with E-state index in [9.17, 15) is 4.79 Å². The Balaban J connectivity index is 1.39. The minimum atomic E-state index is -0.119. The fourth-order valence-electron chi connectivity index (χ4n) is 3.67. The van der Waals surface area contributed by atoms with Gasteiger partial charge in [-0.1, -0.05) is 49.0 Å². The van der Waals surface area contributed by atoms with Crippen LogP contribution in [-0.4, -0.2) is 28.6 Å². The van der Waals surface area contributed by atoms with Crippen LogP contribution in [0.2, 0.25) is 0 Å². The zero-order chi connectivity index (χ0) is 21.6. The van der Waals surface area contributed by atoms with Gasteiger partial charge in [-0.15, -0.1) is 0 Å². The van der Waals surface area contributed by atoms with E-state index in [1.807, 2.05) is 36.4 Å². The van der Waals surface area contributed by atoms with Crippen LogP contribution >= 0.6 is 0 Å². The van der Waals surface area contributed by atoms with Gasteiger partial charge in [0.2, 0.25) is 5.91 Å². The van der Waals surface area contributed by atoms with Crippen molar-refractivity contribution in [1.82, 2.24) is 14.9 Å². The Labute approximate surface area is 182 Å². The van der Waals surface area contributed by atoms with Crippen molar-refractivity contribution in [1.29, 1.82) is 0 Å². The van der Waals surface area contributed by atoms with Crippen molar-refractivity contribution < 1.29 is 9.53 Å². The maximum absolute atomic E-state index is 11.8. The van der Waals surface area contributed by atoms with Crippen molar-refractivity contribution >= 4 is 27.7 Å². The van der Waals surface area contributed by atoms with E-state index < -0.39 is 0 Å². The highest BCUT2D eigenvalue weighted by Crippen LogP contribution is 2.21. The summed E-state index contributed by atoms with van der Waals surface area (Å²) in [5.74, 6) is 1.73. The zero-order valence-corrected chi connectivity index (χ0v) is 17.8. The molecule has 5 nitrogen and oxygen atoms in total. The van der Waals surface area contributed by atoms with Crippen LogP contribution in [-0.2, 0) is 17.8 Å². The Morgan fingerprint density at radius 2 is 1.84 bits per heavy atom. The predicted octanol–water partition coefficient (Wildman–Crippen LogP) is 4.89. The number of nitrogens with one attached hydrogen (secondary N) is 1. The molecule has 0 atom stereocenters. The number of para-hydroxylation sites is 2. The standard InChI is InChI=1S/C26H27N3O2/c1-19(2)26(30)27-15-14-25-28-23-10-5-6-11-24(23)29(25)16-7-17-31-22-13-12-20-8-3-4-9-21(20)18-22/h3-6,8-13,18H,1,7,14-17H2,2H3,(H,27,30). The van der Waals surface area contributed by atoms with Gasteiger partial charge in [0.15, 0.2) is 0 Å². The maximum Gasteiger partial charge on any atom is 0.246 e. The molecule has 4 rings (SSSR count). The molecule has 3 aromatic carbocycles. The smallest absolute Gasteiger partial charge is 0.246 e. The first-order valence-corrected chi connectivity index (χ1v) is 10.6. The fraction of sp³-hybridized carbons (Fsp3) is 0.231. The monoisotopic (exact) mass is 413 g/mol. The first-order chi connectivity index (χ1) is 15.1. The number of rotatable bonds is 9. The largest absolute Gasteiger partial charge is 0.494 e. The number of fused-ring (bicyclic) bond motifs is 2. The van der Waals surface area contributed by atoms with Gasteiger partial charge in [-0.25, -0.2) is 4.98 Å². The Kier molecular flexibility index (Phi) is 6.32. The lowest BCUT2D eigenvalue weighted by atomic mass is 10.1. The van der Waals surface area contributed by atoms with E-state index in [0.717, 1.165) is 35.6 Å². The third-order valence-electron chi connectivity index (χ3n) is 5.27. The number of carbonyl (C=O) groups excluding carboxylic acids is 1. The topological polar surface area (TPSA) is 56.2 Å². The third-order valence-corrected chi connectivity index (χ3v) is 5.27. The molecule has 5 heteroatoms. The first kappa shape index (κ1) is 20.7. The van der Waals surface area contributed by atoms with Gasteiger partial charge in [-0.05, 0) is 48.4 Å². The Hall–Kier alpha value is -3.60. The highest BCUT2D eigenvalue weighted by atomic mass is 16.5. The van der Waals surface area contributed by atoms with Crippen LogP contribution in [0.25, 0.3) is 21.8 Å². The highest BCUT2D eigenvalue weighted by molar-refractivity contribution is 5.92. The van der Waals surface area contributed by atoms with Crippen LogP contribution < -0.4 is 10.1 Å². The summed E-state index contributed by atoms with van der Waals surface area (Å²) in [5.41, 5.74) is 2.59. The molecule has 158 valence electrons. The molecule has 0 saturated heterocycles. The molecule has 1 aromatic heterocycles. The number of aromatic nitrogens is 2. The Morgan fingerprint density at radius 1 is 1.06 bits per heavy atom. The van der Waals surface area contributed by atoms with E-state index in [1.54, 1.807) is 6.92 Å². The molecule has 0 radical (unpaired) electrons. The van der Waals surface area contributed by atoms with Crippen molar-refractivity contribution in [3.63, 3.8) is 0 Å². The summed E-state index contributed by atoms with van der Waals surface area (Å²) in [6.45, 7) is 7.34. The summed E-state index contributed by atoms with van der Waals surface area (Å²) in [5, 5.41) is 5.28. The summed E-state index contributed by atoms with van der Waals surface area (Å²) in [7, 11) is 0. The van der Waals surface area contributed by atoms with E-state index in [2.05, 4.69) is 46.8 Å². The average molecular weight is 414 g/mol. The second-order valence-electron chi connectivity index (χ2n) is 7.67. The molecule has 0 spiro atoms. The number of hydrogen-bond donors (Lipinski definition) is 1. The van der Waals surface area contributed by atoms with Gasteiger partial charge in [-0.3, -0.25) is 4.79 Å².